The van der Waals surface area contributed by atoms with E-state index < -0.39 is 0 Å². The number of fused-ring (bicyclic) bond motifs is 6. The van der Waals surface area contributed by atoms with Gasteiger partial charge in [-0.3, -0.25) is 29.9 Å². The van der Waals surface area contributed by atoms with Crippen LogP contribution in [0, 0.1) is 0 Å². The minimum atomic E-state index is 0.442. The van der Waals surface area contributed by atoms with Crippen LogP contribution >= 0.6 is 0 Å². The Kier molecular flexibility index (Phi) is 39.8. The highest BCUT2D eigenvalue weighted by molar-refractivity contribution is 5.83. The van der Waals surface area contributed by atoms with Gasteiger partial charge in [0.1, 0.15) is 22.8 Å². The van der Waals surface area contributed by atoms with Crippen LogP contribution < -0.4 is 10.6 Å². The highest BCUT2D eigenvalue weighted by Gasteiger charge is 2.17. The Morgan fingerprint density at radius 1 is 0.339 bits per heavy atom. The predicted molar refractivity (Wildman–Crippen MR) is 505 cm³/mol. The molecule has 18 heteroatoms. The molecule has 16 aromatic rings. The molecule has 0 atom stereocenters. The molecule has 0 spiro atoms. The van der Waals surface area contributed by atoms with Crippen molar-refractivity contribution in [1.82, 2.24) is 80.3 Å². The van der Waals surface area contributed by atoms with Crippen LogP contribution in [0.15, 0.2) is 286 Å². The van der Waals surface area contributed by atoms with Crippen molar-refractivity contribution in [3.8, 4) is 0 Å². The van der Waals surface area contributed by atoms with E-state index >= 15 is 0 Å². The van der Waals surface area contributed by atoms with E-state index in [4.69, 9.17) is 4.42 Å². The Labute approximate surface area is 719 Å². The van der Waals surface area contributed by atoms with E-state index in [1.165, 1.54) is 71.8 Å². The Hall–Kier alpha value is -12.6. The number of furan rings is 1. The highest BCUT2D eigenvalue weighted by Crippen LogP contribution is 2.30. The molecule has 121 heavy (non-hydrogen) atoms. The van der Waals surface area contributed by atoms with Crippen LogP contribution in [0.5, 0.6) is 0 Å². The topological polar surface area (TPSA) is 236 Å². The maximum atomic E-state index is 5.35. The smallest absolute Gasteiger partial charge is 0.159 e. The minimum absolute atomic E-state index is 0.442. The van der Waals surface area contributed by atoms with Crippen LogP contribution in [0.3, 0.4) is 0 Å². The minimum Gasteiger partial charge on any atom is -0.462 e. The average Bonchev–Trinajstić information content (AvgIpc) is 1.72. The van der Waals surface area contributed by atoms with Crippen molar-refractivity contribution >= 4 is 60.9 Å². The fraction of sp³-hybridized carbons (Fsp3) is 0.330. The number of hydrogen-bond acceptors (Lipinski definition) is 16. The fourth-order valence-corrected chi connectivity index (χ4v) is 12.5. The van der Waals surface area contributed by atoms with Crippen molar-refractivity contribution < 1.29 is 4.42 Å². The van der Waals surface area contributed by atoms with Crippen molar-refractivity contribution in [1.29, 1.82) is 0 Å². The second-order valence-corrected chi connectivity index (χ2v) is 32.7. The first-order valence-electron chi connectivity index (χ1n) is 42.4. The summed E-state index contributed by atoms with van der Waals surface area (Å²) in [6, 6.07) is 55.2. The maximum Gasteiger partial charge on any atom is 0.159 e. The first kappa shape index (κ1) is 95.6. The summed E-state index contributed by atoms with van der Waals surface area (Å²) in [5.74, 6) is 8.88. The second kappa shape index (κ2) is 50.4. The molecule has 4 N–H and O–H groups in total. The Bertz CT molecular complexity index is 5110. The largest absolute Gasteiger partial charge is 0.462 e. The van der Waals surface area contributed by atoms with Crippen molar-refractivity contribution in [2.24, 2.45) is 0 Å². The van der Waals surface area contributed by atoms with E-state index in [9.17, 15) is 0 Å². The summed E-state index contributed by atoms with van der Waals surface area (Å²) in [5.41, 5.74) is 21.2. The van der Waals surface area contributed by atoms with Gasteiger partial charge in [0.15, 0.2) is 11.2 Å². The van der Waals surface area contributed by atoms with Gasteiger partial charge in [-0.15, -0.1) is 0 Å². The Morgan fingerprint density at radius 3 is 1.42 bits per heavy atom. The Morgan fingerprint density at radius 2 is 0.860 bits per heavy atom. The van der Waals surface area contributed by atoms with Crippen molar-refractivity contribution in [2.75, 3.05) is 5.32 Å². The second-order valence-electron chi connectivity index (χ2n) is 32.7. The molecule has 632 valence electrons. The monoisotopic (exact) mass is 1620 g/mol. The van der Waals surface area contributed by atoms with Gasteiger partial charge in [0.25, 0.3) is 0 Å². The van der Waals surface area contributed by atoms with Gasteiger partial charge < -0.3 is 25.0 Å². The number of rotatable bonds is 11. The summed E-state index contributed by atoms with van der Waals surface area (Å²) in [5, 5.41) is 17.4. The number of aromatic nitrogens is 15. The van der Waals surface area contributed by atoms with Gasteiger partial charge in [0.2, 0.25) is 0 Å². The third kappa shape index (κ3) is 31.3. The number of nitrogens with one attached hydrogen (secondary N) is 4. The average molecular weight is 1620 g/mol. The molecule has 15 heterocycles. The van der Waals surface area contributed by atoms with Gasteiger partial charge in [0, 0.05) is 138 Å². The maximum absolute atomic E-state index is 5.35. The van der Waals surface area contributed by atoms with E-state index in [0.717, 1.165) is 68.6 Å². The van der Waals surface area contributed by atoms with E-state index in [0.29, 0.717) is 65.1 Å². The summed E-state index contributed by atoms with van der Waals surface area (Å²) in [6.45, 7) is 52.4. The SMILES string of the molecule is C=C1NCc2c(C(C)C)ccnc2N1.CC(C)c1ccccc1.CC(C)c1ccccn1.CC(C)c1cccnc1.CC(C)c1ccnc2[nH]ccc12.CC(C)c1ccnc2ccccc12.CC(C)c1ccnc2ccoc12.CC(C)c1ccnc2ncccc12.CC(C)c1ccncc1.CC(C)c1ccnnc1.CC(C)c1nc2ccncc2[nH]1. The van der Waals surface area contributed by atoms with Crippen LogP contribution in [-0.4, -0.2) is 75.0 Å². The molecule has 14 aromatic heterocycles. The van der Waals surface area contributed by atoms with E-state index in [1.807, 2.05) is 141 Å². The molecule has 0 radical (unpaired) electrons. The van der Waals surface area contributed by atoms with Gasteiger partial charge in [-0.1, -0.05) is 220 Å². The zero-order valence-corrected chi connectivity index (χ0v) is 75.4. The van der Waals surface area contributed by atoms with Crippen molar-refractivity contribution in [3.63, 3.8) is 0 Å². The normalized spacial score (nSPS) is 11.2. The number of pyridine rings is 10. The number of aromatic amines is 2. The molecule has 17 rings (SSSR count). The van der Waals surface area contributed by atoms with Gasteiger partial charge in [0.05, 0.1) is 41.0 Å². The van der Waals surface area contributed by atoms with Gasteiger partial charge >= 0.3 is 0 Å². The molecule has 0 saturated carbocycles. The third-order valence-electron chi connectivity index (χ3n) is 19.6. The molecule has 18 nitrogen and oxygen atoms in total. The number of para-hydroxylation sites is 1. The molecular weight excluding hydrogens is 1490 g/mol. The van der Waals surface area contributed by atoms with E-state index in [1.54, 1.807) is 43.4 Å². The standard InChI is InChI=1S/C12H13N.C11H15N3.C11H12N2.C10H12N2.C10H11NO.C9H11N3.C9H12.3C8H11N.C7H10N2/c1-9(2)10-7-8-13-12-6-4-3-5-11(10)12;1-7(2)9-4-5-12-11-10(9)6-13-8(3)14-11;1-8(2)9-5-7-13-11-10(9)4-3-6-12-11;1-7(2)8-3-5-11-10-9(8)4-6-12-10;1-7(2)8-3-5-11-9-4-6-12-10(8)9;1-6(2)9-11-7-3-4-10-5-8(7)12-9;1-8(2)9-6-4-3-5-7-9;1-7(2)8-3-5-9-6-4-8;1-7(2)8-4-3-5-9-6-8;1-7(2)8-5-3-4-6-9-8;1-6(2)7-3-4-8-9-5-7/h3-9H,1-2H3;4-5,7,13H,3,6H2,1-2H3,(H,12,14);3-8H,1-2H3;3-7H,1-2H3,(H,11,12);3-7H,1-2H3;3-6H,1-2H3,(H,11,12);3-8H,1-2H3;3*3-7H,1-2H3;3-6H,1-2H3. The van der Waals surface area contributed by atoms with Crippen molar-refractivity contribution in [3.05, 3.63) is 349 Å². The van der Waals surface area contributed by atoms with Gasteiger partial charge in [-0.2, -0.15) is 10.2 Å². The molecule has 0 bridgehead atoms. The lowest BCUT2D eigenvalue weighted by molar-refractivity contribution is 0.606. The number of imidazole rings is 1. The van der Waals surface area contributed by atoms with Crippen LogP contribution in [0.4, 0.5) is 5.82 Å². The third-order valence-corrected chi connectivity index (χ3v) is 19.6. The molecule has 0 saturated heterocycles. The predicted octanol–water partition coefficient (Wildman–Crippen LogP) is 27.0. The zero-order chi connectivity index (χ0) is 87.8. The van der Waals surface area contributed by atoms with Crippen LogP contribution in [0.25, 0.3) is 55.1 Å². The van der Waals surface area contributed by atoms with Crippen molar-refractivity contribution in [2.45, 2.75) is 224 Å². The lowest BCUT2D eigenvalue weighted by Gasteiger charge is -2.24. The molecule has 0 fully saturated rings. The van der Waals surface area contributed by atoms with Crippen LogP contribution in [-0.2, 0) is 6.54 Å². The summed E-state index contributed by atoms with van der Waals surface area (Å²) >= 11 is 0. The number of hydrogen-bond donors (Lipinski definition) is 4. The molecule has 0 amide bonds. The highest BCUT2D eigenvalue weighted by atomic mass is 16.3. The Balaban J connectivity index is 0.000000184. The van der Waals surface area contributed by atoms with E-state index in [2.05, 4.69) is 329 Å². The molecule has 1 aliphatic heterocycles. The number of benzene rings is 2. The van der Waals surface area contributed by atoms with Gasteiger partial charge in [-0.05, 0) is 201 Å². The van der Waals surface area contributed by atoms with Crippen LogP contribution in [0.1, 0.15) is 285 Å². The number of H-pyrrole nitrogens is 2. The lowest BCUT2D eigenvalue weighted by atomic mass is 9.97. The molecule has 2 aromatic carbocycles. The van der Waals surface area contributed by atoms with Crippen LogP contribution in [0.2, 0.25) is 0 Å². The zero-order valence-electron chi connectivity index (χ0n) is 75.4. The first-order valence-corrected chi connectivity index (χ1v) is 42.4. The summed E-state index contributed by atoms with van der Waals surface area (Å²) in [4.78, 5) is 52.3. The number of nitrogens with zero attached hydrogens (tertiary/aromatic N) is 13. The summed E-state index contributed by atoms with van der Waals surface area (Å²) in [6.07, 6.45) is 30.9. The van der Waals surface area contributed by atoms with Gasteiger partial charge in [-0.25, -0.2) is 24.9 Å². The fourth-order valence-electron chi connectivity index (χ4n) is 12.5. The molecule has 0 aliphatic carbocycles. The summed E-state index contributed by atoms with van der Waals surface area (Å²) < 4.78 is 5.35. The number of anilines is 1. The van der Waals surface area contributed by atoms with E-state index in [-0.39, 0.29) is 0 Å². The first-order chi connectivity index (χ1) is 58.1. The quantitative estimate of drug-likeness (QED) is 0.0942. The summed E-state index contributed by atoms with van der Waals surface area (Å²) in [7, 11) is 0. The lowest BCUT2D eigenvalue weighted by Crippen LogP contribution is -2.26. The molecule has 0 unspecified atom stereocenters. The molecular formula is C103H129N17O. The molecule has 1 aliphatic rings.